The van der Waals surface area contributed by atoms with E-state index in [1.54, 1.807) is 38.5 Å². The molecule has 0 saturated carbocycles. The van der Waals surface area contributed by atoms with E-state index < -0.39 is 0 Å². The van der Waals surface area contributed by atoms with Gasteiger partial charge in [0.1, 0.15) is 0 Å². The van der Waals surface area contributed by atoms with Gasteiger partial charge in [-0.05, 0) is 53.9 Å². The van der Waals surface area contributed by atoms with Gasteiger partial charge in [-0.15, -0.1) is 0 Å². The fourth-order valence-corrected chi connectivity index (χ4v) is 3.14. The van der Waals surface area contributed by atoms with Gasteiger partial charge in [0, 0.05) is 31.3 Å². The first-order valence-electron chi connectivity index (χ1n) is 8.42. The van der Waals surface area contributed by atoms with Crippen molar-refractivity contribution in [2.75, 3.05) is 26.1 Å². The predicted octanol–water partition coefficient (Wildman–Crippen LogP) is 2.86. The zero-order chi connectivity index (χ0) is 18.7. The molecule has 2 aromatic rings. The number of hydrogen-bond donors (Lipinski definition) is 1. The lowest BCUT2D eigenvalue weighted by atomic mass is 9.98. The van der Waals surface area contributed by atoms with Crippen LogP contribution in [0.2, 0.25) is 0 Å². The Morgan fingerprint density at radius 3 is 2.19 bits per heavy atom. The molecular weight excluding hydrogens is 332 g/mol. The van der Waals surface area contributed by atoms with Crippen LogP contribution in [0, 0.1) is 0 Å². The van der Waals surface area contributed by atoms with E-state index in [9.17, 15) is 9.59 Å². The van der Waals surface area contributed by atoms with Crippen LogP contribution in [0.5, 0.6) is 11.5 Å². The van der Waals surface area contributed by atoms with E-state index in [4.69, 9.17) is 9.47 Å². The Morgan fingerprint density at radius 1 is 1.00 bits per heavy atom. The second-order valence-corrected chi connectivity index (χ2v) is 6.21. The van der Waals surface area contributed by atoms with Crippen LogP contribution in [0.4, 0.5) is 5.69 Å². The Morgan fingerprint density at radius 2 is 1.62 bits per heavy atom. The van der Waals surface area contributed by atoms with Gasteiger partial charge in [-0.25, -0.2) is 0 Å². The minimum Gasteiger partial charge on any atom is -0.493 e. The molecule has 1 N–H and O–H groups in total. The number of methoxy groups -OCH3 is 2. The number of nitrogens with one attached hydrogen (secondary N) is 1. The number of anilines is 1. The number of ether oxygens (including phenoxy) is 2. The van der Waals surface area contributed by atoms with E-state index in [-0.39, 0.29) is 11.8 Å². The van der Waals surface area contributed by atoms with Crippen molar-refractivity contribution in [1.29, 1.82) is 0 Å². The van der Waals surface area contributed by atoms with Crippen molar-refractivity contribution in [3.05, 3.63) is 53.1 Å². The summed E-state index contributed by atoms with van der Waals surface area (Å²) in [6, 6.07) is 10.9. The van der Waals surface area contributed by atoms with Gasteiger partial charge >= 0.3 is 0 Å². The SMILES string of the molecule is COc1cc2c(cc1OC)CN(C(=O)c1ccc(NC(C)=O)cc1)CC2. The lowest BCUT2D eigenvalue weighted by Crippen LogP contribution is -2.36. The number of benzene rings is 2. The molecule has 3 rings (SSSR count). The van der Waals surface area contributed by atoms with Crippen molar-refractivity contribution in [3.63, 3.8) is 0 Å². The Bertz CT molecular complexity index is 830. The average molecular weight is 354 g/mol. The van der Waals surface area contributed by atoms with Crippen LogP contribution < -0.4 is 14.8 Å². The zero-order valence-corrected chi connectivity index (χ0v) is 15.2. The van der Waals surface area contributed by atoms with Crippen molar-refractivity contribution < 1.29 is 19.1 Å². The molecule has 0 saturated heterocycles. The van der Waals surface area contributed by atoms with Crippen molar-refractivity contribution in [3.8, 4) is 11.5 Å². The summed E-state index contributed by atoms with van der Waals surface area (Å²) in [5.41, 5.74) is 3.52. The van der Waals surface area contributed by atoms with Gasteiger partial charge in [-0.1, -0.05) is 0 Å². The molecule has 0 aromatic heterocycles. The maximum absolute atomic E-state index is 12.8. The molecule has 0 atom stereocenters. The van der Waals surface area contributed by atoms with Crippen LogP contribution in [0.1, 0.15) is 28.4 Å². The highest BCUT2D eigenvalue weighted by Gasteiger charge is 2.23. The number of nitrogens with zero attached hydrogens (tertiary/aromatic N) is 1. The van der Waals surface area contributed by atoms with Crippen molar-refractivity contribution >= 4 is 17.5 Å². The Kier molecular flexibility index (Phi) is 5.11. The van der Waals surface area contributed by atoms with E-state index in [0.29, 0.717) is 35.8 Å². The first-order valence-corrected chi connectivity index (χ1v) is 8.42. The van der Waals surface area contributed by atoms with Gasteiger partial charge in [0.15, 0.2) is 11.5 Å². The number of rotatable bonds is 4. The summed E-state index contributed by atoms with van der Waals surface area (Å²) in [7, 11) is 3.22. The highest BCUT2D eigenvalue weighted by Crippen LogP contribution is 2.33. The van der Waals surface area contributed by atoms with Gasteiger partial charge in [-0.3, -0.25) is 9.59 Å². The smallest absolute Gasteiger partial charge is 0.254 e. The largest absolute Gasteiger partial charge is 0.493 e. The lowest BCUT2D eigenvalue weighted by molar-refractivity contribution is -0.114. The summed E-state index contributed by atoms with van der Waals surface area (Å²) < 4.78 is 10.7. The van der Waals surface area contributed by atoms with Gasteiger partial charge in [0.05, 0.1) is 14.2 Å². The molecule has 136 valence electrons. The van der Waals surface area contributed by atoms with Crippen LogP contribution in [-0.4, -0.2) is 37.5 Å². The summed E-state index contributed by atoms with van der Waals surface area (Å²) in [6.07, 6.45) is 0.769. The minimum absolute atomic E-state index is 0.0280. The molecule has 0 aliphatic carbocycles. The van der Waals surface area contributed by atoms with Crippen LogP contribution in [0.25, 0.3) is 0 Å². The van der Waals surface area contributed by atoms with Gasteiger partial charge in [0.2, 0.25) is 5.91 Å². The Balaban J connectivity index is 1.77. The molecule has 1 aliphatic heterocycles. The second-order valence-electron chi connectivity index (χ2n) is 6.21. The molecule has 0 unspecified atom stereocenters. The van der Waals surface area contributed by atoms with Crippen molar-refractivity contribution in [2.24, 2.45) is 0 Å². The molecule has 1 heterocycles. The molecule has 0 bridgehead atoms. The number of carbonyl (C=O) groups is 2. The minimum atomic E-state index is -0.138. The van der Waals surface area contributed by atoms with Crippen molar-refractivity contribution in [2.45, 2.75) is 19.9 Å². The summed E-state index contributed by atoms with van der Waals surface area (Å²) >= 11 is 0. The molecule has 1 aliphatic rings. The maximum Gasteiger partial charge on any atom is 0.254 e. The fraction of sp³-hybridized carbons (Fsp3) is 0.300. The highest BCUT2D eigenvalue weighted by atomic mass is 16.5. The average Bonchev–Trinajstić information content (AvgIpc) is 2.66. The second kappa shape index (κ2) is 7.47. The normalized spacial score (nSPS) is 13.0. The lowest BCUT2D eigenvalue weighted by Gasteiger charge is -2.29. The molecule has 0 radical (unpaired) electrons. The molecule has 2 amide bonds. The molecule has 6 nitrogen and oxygen atoms in total. The van der Waals surface area contributed by atoms with E-state index >= 15 is 0 Å². The van der Waals surface area contributed by atoms with E-state index in [1.807, 2.05) is 17.0 Å². The molecule has 0 fully saturated rings. The Labute approximate surface area is 152 Å². The summed E-state index contributed by atoms with van der Waals surface area (Å²) in [5, 5.41) is 2.70. The van der Waals surface area contributed by atoms with Crippen LogP contribution in [0.15, 0.2) is 36.4 Å². The molecule has 26 heavy (non-hydrogen) atoms. The monoisotopic (exact) mass is 354 g/mol. The summed E-state index contributed by atoms with van der Waals surface area (Å²) in [4.78, 5) is 25.7. The quantitative estimate of drug-likeness (QED) is 0.917. The maximum atomic E-state index is 12.8. The third kappa shape index (κ3) is 3.64. The third-order valence-corrected chi connectivity index (χ3v) is 4.46. The molecule has 2 aromatic carbocycles. The van der Waals surface area contributed by atoms with Gasteiger partial charge < -0.3 is 19.7 Å². The molecular formula is C20H22N2O4. The summed E-state index contributed by atoms with van der Waals surface area (Å²) in [6.45, 7) is 2.63. The number of hydrogen-bond acceptors (Lipinski definition) is 4. The fourth-order valence-electron chi connectivity index (χ4n) is 3.14. The number of amides is 2. The zero-order valence-electron chi connectivity index (χ0n) is 15.2. The van der Waals surface area contributed by atoms with Gasteiger partial charge in [-0.2, -0.15) is 0 Å². The highest BCUT2D eigenvalue weighted by molar-refractivity contribution is 5.95. The molecule has 0 spiro atoms. The molecule has 6 heteroatoms. The van der Waals surface area contributed by atoms with Crippen LogP contribution >= 0.6 is 0 Å². The summed E-state index contributed by atoms with van der Waals surface area (Å²) in [5.74, 6) is 1.21. The predicted molar refractivity (Wildman–Crippen MR) is 98.7 cm³/mol. The number of fused-ring (bicyclic) bond motifs is 1. The third-order valence-electron chi connectivity index (χ3n) is 4.46. The van der Waals surface area contributed by atoms with Crippen LogP contribution in [0.3, 0.4) is 0 Å². The topological polar surface area (TPSA) is 67.9 Å². The van der Waals surface area contributed by atoms with E-state index in [0.717, 1.165) is 12.0 Å². The van der Waals surface area contributed by atoms with Crippen molar-refractivity contribution in [1.82, 2.24) is 4.90 Å². The van der Waals surface area contributed by atoms with Crippen LogP contribution in [-0.2, 0) is 17.8 Å². The van der Waals surface area contributed by atoms with E-state index in [2.05, 4.69) is 5.32 Å². The number of carbonyl (C=O) groups excluding carboxylic acids is 2. The van der Waals surface area contributed by atoms with E-state index in [1.165, 1.54) is 12.5 Å². The first-order chi connectivity index (χ1) is 12.5. The first kappa shape index (κ1) is 17.8. The standard InChI is InChI=1S/C20H22N2O4/c1-13(23)21-17-6-4-14(5-7-17)20(24)22-9-8-15-10-18(25-2)19(26-3)11-16(15)12-22/h4-7,10-11H,8-9,12H2,1-3H3,(H,21,23). The Hall–Kier alpha value is -3.02. The van der Waals surface area contributed by atoms with Gasteiger partial charge in [0.25, 0.3) is 5.91 Å².